The third-order valence-corrected chi connectivity index (χ3v) is 4.88. The molecule has 1 aliphatic heterocycles. The molecule has 1 heterocycles. The summed E-state index contributed by atoms with van der Waals surface area (Å²) in [6.45, 7) is 0. The Hall–Kier alpha value is -1.21. The molecule has 7 heteroatoms. The zero-order valence-electron chi connectivity index (χ0n) is 9.89. The zero-order valence-corrected chi connectivity index (χ0v) is 12.3. The molecule has 1 aromatic rings. The summed E-state index contributed by atoms with van der Waals surface area (Å²) in [5.74, 6) is -0.913. The summed E-state index contributed by atoms with van der Waals surface area (Å²) < 4.78 is 12.9. The van der Waals surface area contributed by atoms with Crippen LogP contribution in [0.1, 0.15) is 23.2 Å². The molecule has 1 saturated heterocycles. The molecule has 1 aromatic carbocycles. The highest BCUT2D eigenvalue weighted by Crippen LogP contribution is 2.22. The molecule has 2 rings (SSSR count). The van der Waals surface area contributed by atoms with Crippen LogP contribution < -0.4 is 5.32 Å². The minimum Gasteiger partial charge on any atom is -0.478 e. The monoisotopic (exact) mass is 345 g/mol. The lowest BCUT2D eigenvalue weighted by molar-refractivity contribution is -0.119. The third-order valence-electron chi connectivity index (χ3n) is 2.86. The summed E-state index contributed by atoms with van der Waals surface area (Å²) >= 11 is 3.24. The standard InChI is InChI=1S/C12H12BrNO4S/c13-7-1-3-9(12(16)17)10(5-7)19(18)6-8-2-4-11(15)14-8/h1,3,5,8H,2,4,6H2,(H,14,15)(H,16,17). The third kappa shape index (κ3) is 3.42. The van der Waals surface area contributed by atoms with Crippen molar-refractivity contribution in [2.24, 2.45) is 0 Å². The van der Waals surface area contributed by atoms with Gasteiger partial charge in [0.2, 0.25) is 5.91 Å². The fourth-order valence-corrected chi connectivity index (χ4v) is 3.90. The number of aromatic carboxylic acids is 1. The first-order valence-corrected chi connectivity index (χ1v) is 7.79. The van der Waals surface area contributed by atoms with Crippen LogP contribution in [0, 0.1) is 0 Å². The van der Waals surface area contributed by atoms with Gasteiger partial charge in [-0.3, -0.25) is 9.00 Å². The first kappa shape index (κ1) is 14.2. The van der Waals surface area contributed by atoms with Gasteiger partial charge in [-0.15, -0.1) is 0 Å². The Balaban J connectivity index is 2.20. The van der Waals surface area contributed by atoms with Crippen LogP contribution in [0.5, 0.6) is 0 Å². The normalized spacial score (nSPS) is 20.1. The summed E-state index contributed by atoms with van der Waals surface area (Å²) in [5, 5.41) is 11.8. The van der Waals surface area contributed by atoms with Gasteiger partial charge in [0.1, 0.15) is 0 Å². The summed E-state index contributed by atoms with van der Waals surface area (Å²) in [4.78, 5) is 22.5. The van der Waals surface area contributed by atoms with E-state index in [-0.39, 0.29) is 28.2 Å². The lowest BCUT2D eigenvalue weighted by Crippen LogP contribution is -2.30. The Labute approximate surface area is 121 Å². The maximum absolute atomic E-state index is 12.3. The Kier molecular flexibility index (Phi) is 4.36. The maximum Gasteiger partial charge on any atom is 0.336 e. The minimum absolute atomic E-state index is 0.0332. The number of hydrogen-bond donors (Lipinski definition) is 2. The number of hydrogen-bond acceptors (Lipinski definition) is 3. The highest BCUT2D eigenvalue weighted by atomic mass is 79.9. The van der Waals surface area contributed by atoms with Crippen molar-refractivity contribution in [3.8, 4) is 0 Å². The van der Waals surface area contributed by atoms with Crippen LogP contribution in [0.2, 0.25) is 0 Å². The number of nitrogens with one attached hydrogen (secondary N) is 1. The lowest BCUT2D eigenvalue weighted by atomic mass is 10.2. The molecule has 102 valence electrons. The first-order valence-electron chi connectivity index (χ1n) is 5.68. The number of carboxylic acids is 1. The second-order valence-electron chi connectivity index (χ2n) is 4.26. The van der Waals surface area contributed by atoms with Crippen molar-refractivity contribution in [2.75, 3.05) is 5.75 Å². The van der Waals surface area contributed by atoms with Gasteiger partial charge in [0.15, 0.2) is 0 Å². The largest absolute Gasteiger partial charge is 0.478 e. The van der Waals surface area contributed by atoms with E-state index < -0.39 is 16.8 Å². The number of carboxylic acid groups (broad SMARTS) is 1. The van der Waals surface area contributed by atoms with Gasteiger partial charge in [0, 0.05) is 22.7 Å². The van der Waals surface area contributed by atoms with Crippen molar-refractivity contribution < 1.29 is 18.9 Å². The number of benzene rings is 1. The predicted octanol–water partition coefficient (Wildman–Crippen LogP) is 1.53. The molecule has 0 aliphatic carbocycles. The maximum atomic E-state index is 12.3. The van der Waals surface area contributed by atoms with E-state index in [0.29, 0.717) is 17.3 Å². The number of carbonyl (C=O) groups excluding carboxylic acids is 1. The summed E-state index contributed by atoms with van der Waals surface area (Å²) in [5.41, 5.74) is 0.0332. The molecular weight excluding hydrogens is 334 g/mol. The smallest absolute Gasteiger partial charge is 0.336 e. The molecule has 5 nitrogen and oxygen atoms in total. The van der Waals surface area contributed by atoms with Gasteiger partial charge in [0.25, 0.3) is 0 Å². The summed E-state index contributed by atoms with van der Waals surface area (Å²) in [7, 11) is -1.46. The number of amides is 1. The van der Waals surface area contributed by atoms with Crippen LogP contribution in [0.3, 0.4) is 0 Å². The molecule has 2 unspecified atom stereocenters. The fourth-order valence-electron chi connectivity index (χ4n) is 1.94. The molecule has 0 aromatic heterocycles. The molecule has 2 atom stereocenters. The van der Waals surface area contributed by atoms with Gasteiger partial charge >= 0.3 is 5.97 Å². The zero-order chi connectivity index (χ0) is 14.0. The second kappa shape index (κ2) is 5.83. The quantitative estimate of drug-likeness (QED) is 0.866. The van der Waals surface area contributed by atoms with Crippen LogP contribution in [-0.4, -0.2) is 33.0 Å². The van der Waals surface area contributed by atoms with Crippen LogP contribution >= 0.6 is 15.9 Å². The van der Waals surface area contributed by atoms with E-state index >= 15 is 0 Å². The van der Waals surface area contributed by atoms with Gasteiger partial charge in [-0.05, 0) is 24.6 Å². The van der Waals surface area contributed by atoms with Crippen molar-refractivity contribution >= 4 is 38.6 Å². The molecule has 1 aliphatic rings. The highest BCUT2D eigenvalue weighted by Gasteiger charge is 2.25. The molecule has 0 spiro atoms. The van der Waals surface area contributed by atoms with Crippen LogP contribution in [0.4, 0.5) is 0 Å². The van der Waals surface area contributed by atoms with E-state index in [0.717, 1.165) is 0 Å². The van der Waals surface area contributed by atoms with Crippen molar-refractivity contribution in [3.63, 3.8) is 0 Å². The van der Waals surface area contributed by atoms with E-state index in [1.165, 1.54) is 6.07 Å². The summed E-state index contributed by atoms with van der Waals surface area (Å²) in [6.07, 6.45) is 1.08. The Bertz CT molecular complexity index is 561. The molecule has 2 N–H and O–H groups in total. The molecule has 0 saturated carbocycles. The Morgan fingerprint density at radius 3 is 2.84 bits per heavy atom. The van der Waals surface area contributed by atoms with Crippen molar-refractivity contribution in [1.29, 1.82) is 0 Å². The fraction of sp³-hybridized carbons (Fsp3) is 0.333. The van der Waals surface area contributed by atoms with E-state index in [1.54, 1.807) is 12.1 Å². The Morgan fingerprint density at radius 1 is 1.53 bits per heavy atom. The second-order valence-corrected chi connectivity index (χ2v) is 6.64. The average Bonchev–Trinajstić information content (AvgIpc) is 2.74. The molecule has 1 amide bonds. The van der Waals surface area contributed by atoms with E-state index in [9.17, 15) is 13.8 Å². The molecule has 1 fully saturated rings. The Morgan fingerprint density at radius 2 is 2.26 bits per heavy atom. The van der Waals surface area contributed by atoms with E-state index in [4.69, 9.17) is 5.11 Å². The average molecular weight is 346 g/mol. The molecule has 0 radical (unpaired) electrons. The SMILES string of the molecule is O=C1CCC(CS(=O)c2cc(Br)ccc2C(=O)O)N1. The van der Waals surface area contributed by atoms with Crippen LogP contribution in [0.15, 0.2) is 27.6 Å². The van der Waals surface area contributed by atoms with Gasteiger partial charge in [-0.25, -0.2) is 4.79 Å². The van der Waals surface area contributed by atoms with Crippen molar-refractivity contribution in [2.45, 2.75) is 23.8 Å². The van der Waals surface area contributed by atoms with Gasteiger partial charge < -0.3 is 10.4 Å². The van der Waals surface area contributed by atoms with E-state index in [1.807, 2.05) is 0 Å². The van der Waals surface area contributed by atoms with Gasteiger partial charge in [0.05, 0.1) is 21.3 Å². The van der Waals surface area contributed by atoms with Crippen molar-refractivity contribution in [3.05, 3.63) is 28.2 Å². The lowest BCUT2D eigenvalue weighted by Gasteiger charge is -2.11. The predicted molar refractivity (Wildman–Crippen MR) is 73.5 cm³/mol. The first-order chi connectivity index (χ1) is 8.97. The van der Waals surface area contributed by atoms with Crippen LogP contribution in [0.25, 0.3) is 0 Å². The number of carbonyl (C=O) groups is 2. The number of halogens is 1. The minimum atomic E-state index is -1.46. The topological polar surface area (TPSA) is 83.5 Å². The van der Waals surface area contributed by atoms with Crippen LogP contribution in [-0.2, 0) is 15.6 Å². The van der Waals surface area contributed by atoms with E-state index in [2.05, 4.69) is 21.2 Å². The van der Waals surface area contributed by atoms with Gasteiger partial charge in [-0.2, -0.15) is 0 Å². The number of rotatable bonds is 4. The van der Waals surface area contributed by atoms with Crippen molar-refractivity contribution in [1.82, 2.24) is 5.32 Å². The molecule has 19 heavy (non-hydrogen) atoms. The molecular formula is C12H12BrNO4S. The summed E-state index contributed by atoms with van der Waals surface area (Å²) in [6, 6.07) is 4.43. The highest BCUT2D eigenvalue weighted by molar-refractivity contribution is 9.10. The van der Waals surface area contributed by atoms with Gasteiger partial charge in [-0.1, -0.05) is 15.9 Å². The molecule has 0 bridgehead atoms.